The lowest BCUT2D eigenvalue weighted by Crippen LogP contribution is -2.08. The Morgan fingerprint density at radius 2 is 2.12 bits per heavy atom. The summed E-state index contributed by atoms with van der Waals surface area (Å²) in [7, 11) is 0. The second-order valence-electron chi connectivity index (χ2n) is 4.07. The molecule has 1 aliphatic rings. The highest BCUT2D eigenvalue weighted by atomic mass is 127. The van der Waals surface area contributed by atoms with E-state index < -0.39 is 0 Å². The molecule has 0 amide bonds. The van der Waals surface area contributed by atoms with Gasteiger partial charge in [-0.2, -0.15) is 5.10 Å². The topological polar surface area (TPSA) is 39.9 Å². The molecule has 0 aliphatic carbocycles. The lowest BCUT2D eigenvalue weighted by molar-refractivity contribution is 0.184. The van der Waals surface area contributed by atoms with Crippen LogP contribution in [0.2, 0.25) is 0 Å². The molecule has 1 fully saturated rings. The molecule has 17 heavy (non-hydrogen) atoms. The predicted octanol–water partition coefficient (Wildman–Crippen LogP) is 2.51. The Kier molecular flexibility index (Phi) is 3.11. The van der Waals surface area contributed by atoms with Gasteiger partial charge in [-0.25, -0.2) is 9.67 Å². The fourth-order valence-corrected chi connectivity index (χ4v) is 2.27. The summed E-state index contributed by atoms with van der Waals surface area (Å²) in [6, 6.07) is 8.57. The first-order valence-corrected chi connectivity index (χ1v) is 6.65. The largest absolute Gasteiger partial charge is 0.379 e. The molecule has 0 bridgehead atoms. The van der Waals surface area contributed by atoms with Crippen molar-refractivity contribution in [1.82, 2.24) is 14.8 Å². The number of hydrogen-bond acceptors (Lipinski definition) is 3. The molecule has 4 nitrogen and oxygen atoms in total. The summed E-state index contributed by atoms with van der Waals surface area (Å²) in [6.07, 6.45) is 2.82. The lowest BCUT2D eigenvalue weighted by Gasteiger charge is -2.05. The molecule has 1 aliphatic heterocycles. The number of halogens is 1. The summed E-state index contributed by atoms with van der Waals surface area (Å²) in [4.78, 5) is 4.35. The number of ether oxygens (including phenoxy) is 1. The Balaban J connectivity index is 1.86. The van der Waals surface area contributed by atoms with Crippen LogP contribution in [-0.2, 0) is 4.74 Å². The summed E-state index contributed by atoms with van der Waals surface area (Å²) in [5, 5.41) is 4.52. The molecule has 0 saturated carbocycles. The standard InChI is InChI=1S/C12H12IN3O/c13-10-3-1-9(2-4-10)12-14-8-16(15-12)11-5-6-17-7-11/h1-4,8,11H,5-7H2. The van der Waals surface area contributed by atoms with Gasteiger partial charge in [0.05, 0.1) is 12.6 Å². The highest BCUT2D eigenvalue weighted by Gasteiger charge is 2.19. The fourth-order valence-electron chi connectivity index (χ4n) is 1.91. The molecule has 0 radical (unpaired) electrons. The van der Waals surface area contributed by atoms with Crippen molar-refractivity contribution in [2.24, 2.45) is 0 Å². The Labute approximate surface area is 113 Å². The molecule has 1 saturated heterocycles. The smallest absolute Gasteiger partial charge is 0.181 e. The molecule has 2 aromatic rings. The van der Waals surface area contributed by atoms with E-state index in [9.17, 15) is 0 Å². The molecule has 1 aromatic carbocycles. The first-order valence-electron chi connectivity index (χ1n) is 5.58. The van der Waals surface area contributed by atoms with Crippen LogP contribution < -0.4 is 0 Å². The zero-order valence-electron chi connectivity index (χ0n) is 9.21. The predicted molar refractivity (Wildman–Crippen MR) is 72.6 cm³/mol. The molecule has 1 unspecified atom stereocenters. The maximum Gasteiger partial charge on any atom is 0.181 e. The van der Waals surface area contributed by atoms with Crippen molar-refractivity contribution in [3.63, 3.8) is 0 Å². The molecular formula is C12H12IN3O. The SMILES string of the molecule is Ic1ccc(-c2ncn(C3CCOC3)n2)cc1. The van der Waals surface area contributed by atoms with Crippen LogP contribution in [0.1, 0.15) is 12.5 Å². The van der Waals surface area contributed by atoms with Gasteiger partial charge in [0.25, 0.3) is 0 Å². The summed E-state index contributed by atoms with van der Waals surface area (Å²) in [5.41, 5.74) is 1.06. The van der Waals surface area contributed by atoms with Crippen molar-refractivity contribution < 1.29 is 4.74 Å². The van der Waals surface area contributed by atoms with Gasteiger partial charge in [-0.15, -0.1) is 0 Å². The van der Waals surface area contributed by atoms with E-state index in [1.807, 2.05) is 16.8 Å². The van der Waals surface area contributed by atoms with E-state index in [-0.39, 0.29) is 0 Å². The Morgan fingerprint density at radius 1 is 1.29 bits per heavy atom. The van der Waals surface area contributed by atoms with Crippen molar-refractivity contribution in [2.45, 2.75) is 12.5 Å². The Bertz CT molecular complexity index is 503. The number of hydrogen-bond donors (Lipinski definition) is 0. The summed E-state index contributed by atoms with van der Waals surface area (Å²) < 4.78 is 8.49. The van der Waals surface area contributed by atoms with Crippen LogP contribution in [0.5, 0.6) is 0 Å². The normalized spacial score (nSPS) is 19.7. The molecular weight excluding hydrogens is 329 g/mol. The van der Waals surface area contributed by atoms with Crippen LogP contribution in [0.25, 0.3) is 11.4 Å². The summed E-state index contributed by atoms with van der Waals surface area (Å²) in [5.74, 6) is 0.785. The van der Waals surface area contributed by atoms with E-state index in [0.717, 1.165) is 31.0 Å². The van der Waals surface area contributed by atoms with E-state index in [2.05, 4.69) is 44.8 Å². The van der Waals surface area contributed by atoms with Gasteiger partial charge in [-0.05, 0) is 41.1 Å². The zero-order valence-corrected chi connectivity index (χ0v) is 11.4. The van der Waals surface area contributed by atoms with Crippen LogP contribution in [0.4, 0.5) is 0 Å². The van der Waals surface area contributed by atoms with Crippen molar-refractivity contribution in [3.05, 3.63) is 34.2 Å². The first-order chi connectivity index (χ1) is 8.33. The number of rotatable bonds is 2. The van der Waals surface area contributed by atoms with Crippen molar-refractivity contribution in [3.8, 4) is 11.4 Å². The van der Waals surface area contributed by atoms with Crippen LogP contribution >= 0.6 is 22.6 Å². The molecule has 1 atom stereocenters. The average molecular weight is 341 g/mol. The second kappa shape index (κ2) is 4.73. The highest BCUT2D eigenvalue weighted by Crippen LogP contribution is 2.20. The Morgan fingerprint density at radius 3 is 2.82 bits per heavy atom. The lowest BCUT2D eigenvalue weighted by atomic mass is 10.2. The highest BCUT2D eigenvalue weighted by molar-refractivity contribution is 14.1. The monoisotopic (exact) mass is 341 g/mol. The quantitative estimate of drug-likeness (QED) is 0.788. The minimum atomic E-state index is 0.347. The maximum absolute atomic E-state index is 5.35. The molecule has 3 rings (SSSR count). The van der Waals surface area contributed by atoms with E-state index in [1.165, 1.54) is 3.57 Å². The van der Waals surface area contributed by atoms with Gasteiger partial charge >= 0.3 is 0 Å². The fraction of sp³-hybridized carbons (Fsp3) is 0.333. The third-order valence-electron chi connectivity index (χ3n) is 2.89. The summed E-state index contributed by atoms with van der Waals surface area (Å²) >= 11 is 2.29. The van der Waals surface area contributed by atoms with Crippen LogP contribution in [0, 0.1) is 3.57 Å². The van der Waals surface area contributed by atoms with Gasteiger partial charge < -0.3 is 4.74 Å². The third-order valence-corrected chi connectivity index (χ3v) is 3.61. The maximum atomic E-state index is 5.35. The van der Waals surface area contributed by atoms with Gasteiger partial charge in [0.1, 0.15) is 6.33 Å². The number of aromatic nitrogens is 3. The molecule has 0 N–H and O–H groups in total. The number of benzene rings is 1. The van der Waals surface area contributed by atoms with Crippen LogP contribution in [-0.4, -0.2) is 28.0 Å². The van der Waals surface area contributed by atoms with E-state index in [1.54, 1.807) is 6.33 Å². The molecule has 2 heterocycles. The minimum absolute atomic E-state index is 0.347. The molecule has 88 valence electrons. The van der Waals surface area contributed by atoms with Gasteiger partial charge in [0, 0.05) is 15.7 Å². The van der Waals surface area contributed by atoms with Crippen LogP contribution in [0.15, 0.2) is 30.6 Å². The zero-order chi connectivity index (χ0) is 11.7. The minimum Gasteiger partial charge on any atom is -0.379 e. The van der Waals surface area contributed by atoms with Gasteiger partial charge in [-0.1, -0.05) is 12.1 Å². The van der Waals surface area contributed by atoms with Crippen molar-refractivity contribution in [2.75, 3.05) is 13.2 Å². The Hall–Kier alpha value is -0.950. The van der Waals surface area contributed by atoms with E-state index >= 15 is 0 Å². The van der Waals surface area contributed by atoms with Gasteiger partial charge in [0.2, 0.25) is 0 Å². The van der Waals surface area contributed by atoms with E-state index in [0.29, 0.717) is 6.04 Å². The van der Waals surface area contributed by atoms with Crippen LogP contribution in [0.3, 0.4) is 0 Å². The molecule has 5 heteroatoms. The molecule has 0 spiro atoms. The van der Waals surface area contributed by atoms with Gasteiger partial charge in [-0.3, -0.25) is 0 Å². The van der Waals surface area contributed by atoms with Crippen molar-refractivity contribution in [1.29, 1.82) is 0 Å². The third kappa shape index (κ3) is 2.35. The van der Waals surface area contributed by atoms with Crippen molar-refractivity contribution >= 4 is 22.6 Å². The first kappa shape index (κ1) is 11.2. The van der Waals surface area contributed by atoms with E-state index in [4.69, 9.17) is 4.74 Å². The second-order valence-corrected chi connectivity index (χ2v) is 5.32. The van der Waals surface area contributed by atoms with Gasteiger partial charge in [0.15, 0.2) is 5.82 Å². The average Bonchev–Trinajstić information content (AvgIpc) is 3.00. The number of nitrogens with zero attached hydrogens (tertiary/aromatic N) is 3. The summed E-state index contributed by atoms with van der Waals surface area (Å²) in [6.45, 7) is 1.57. The molecule has 1 aromatic heterocycles.